The van der Waals surface area contributed by atoms with Crippen LogP contribution in [0.1, 0.15) is 6.42 Å². The van der Waals surface area contributed by atoms with Crippen molar-refractivity contribution in [2.24, 2.45) is 0 Å². The lowest BCUT2D eigenvalue weighted by Crippen LogP contribution is -2.33. The number of hydrogen-bond donors (Lipinski definition) is 1. The second-order valence-corrected chi connectivity index (χ2v) is 8.45. The summed E-state index contributed by atoms with van der Waals surface area (Å²) in [5.41, 5.74) is 0.558. The molecule has 2 heterocycles. The molecule has 1 amide bonds. The number of pyridine rings is 1. The van der Waals surface area contributed by atoms with Crippen LogP contribution in [0.4, 0.5) is 11.5 Å². The summed E-state index contributed by atoms with van der Waals surface area (Å²) in [6.07, 6.45) is 2.16. The first kappa shape index (κ1) is 18.2. The van der Waals surface area contributed by atoms with E-state index in [-0.39, 0.29) is 30.1 Å². The van der Waals surface area contributed by atoms with E-state index in [9.17, 15) is 13.2 Å². The van der Waals surface area contributed by atoms with Gasteiger partial charge in [0.25, 0.3) is 5.91 Å². The maximum Gasteiger partial charge on any atom is 0.262 e. The van der Waals surface area contributed by atoms with Crippen LogP contribution in [0.2, 0.25) is 0 Å². The fourth-order valence-electron chi connectivity index (χ4n) is 2.80. The predicted molar refractivity (Wildman–Crippen MR) is 100 cm³/mol. The van der Waals surface area contributed by atoms with Gasteiger partial charge in [-0.3, -0.25) is 4.79 Å². The van der Waals surface area contributed by atoms with Crippen molar-refractivity contribution >= 4 is 27.2 Å². The van der Waals surface area contributed by atoms with Crippen LogP contribution in [-0.2, 0) is 14.6 Å². The van der Waals surface area contributed by atoms with Gasteiger partial charge in [-0.25, -0.2) is 13.4 Å². The molecule has 1 atom stereocenters. The minimum Gasteiger partial charge on any atom is -0.484 e. The zero-order valence-corrected chi connectivity index (χ0v) is 15.3. The molecule has 1 unspecified atom stereocenters. The molecule has 0 spiro atoms. The summed E-state index contributed by atoms with van der Waals surface area (Å²) in [4.78, 5) is 18.1. The number of nitrogens with one attached hydrogen (secondary N) is 1. The molecule has 1 aliphatic rings. The molecule has 1 saturated heterocycles. The zero-order chi connectivity index (χ0) is 18.6. The van der Waals surface area contributed by atoms with E-state index in [0.717, 1.165) is 0 Å². The molecule has 138 valence electrons. The first-order valence-electron chi connectivity index (χ1n) is 8.30. The van der Waals surface area contributed by atoms with E-state index in [1.54, 1.807) is 30.5 Å². The van der Waals surface area contributed by atoms with Crippen LogP contribution in [0.15, 0.2) is 48.7 Å². The number of anilines is 2. The number of carbonyl (C=O) groups excluding carboxylic acids is 1. The molecule has 26 heavy (non-hydrogen) atoms. The first-order chi connectivity index (χ1) is 12.4. The summed E-state index contributed by atoms with van der Waals surface area (Å²) < 4.78 is 28.6. The summed E-state index contributed by atoms with van der Waals surface area (Å²) in [6.45, 7) is -0.0917. The largest absolute Gasteiger partial charge is 0.484 e. The molecule has 8 heteroatoms. The van der Waals surface area contributed by atoms with Crippen molar-refractivity contribution < 1.29 is 17.9 Å². The third-order valence-electron chi connectivity index (χ3n) is 4.26. The Balaban J connectivity index is 1.53. The smallest absolute Gasteiger partial charge is 0.262 e. The fourth-order valence-corrected chi connectivity index (χ4v) is 4.57. The second-order valence-electron chi connectivity index (χ2n) is 6.22. The highest BCUT2D eigenvalue weighted by atomic mass is 32.2. The molecule has 1 aliphatic heterocycles. The van der Waals surface area contributed by atoms with Crippen LogP contribution in [0.3, 0.4) is 0 Å². The Kier molecular flexibility index (Phi) is 5.41. The third-order valence-corrected chi connectivity index (χ3v) is 6.01. The summed E-state index contributed by atoms with van der Waals surface area (Å²) in [5.74, 6) is 1.39. The highest BCUT2D eigenvalue weighted by Gasteiger charge is 2.31. The van der Waals surface area contributed by atoms with Crippen LogP contribution in [0, 0.1) is 0 Å². The predicted octanol–water partition coefficient (Wildman–Crippen LogP) is 1.72. The highest BCUT2D eigenvalue weighted by molar-refractivity contribution is 7.91. The van der Waals surface area contributed by atoms with Crippen LogP contribution < -0.4 is 15.0 Å². The van der Waals surface area contributed by atoms with Crippen molar-refractivity contribution in [1.29, 1.82) is 0 Å². The maximum absolute atomic E-state index is 11.9. The van der Waals surface area contributed by atoms with Gasteiger partial charge in [0.05, 0.1) is 23.4 Å². The van der Waals surface area contributed by atoms with Gasteiger partial charge in [0, 0.05) is 13.1 Å². The van der Waals surface area contributed by atoms with Gasteiger partial charge in [-0.2, -0.15) is 0 Å². The van der Waals surface area contributed by atoms with Gasteiger partial charge in [0.2, 0.25) is 0 Å². The number of benzene rings is 1. The molecule has 0 saturated carbocycles. The molecule has 3 rings (SSSR count). The van der Waals surface area contributed by atoms with Gasteiger partial charge >= 0.3 is 0 Å². The van der Waals surface area contributed by atoms with Crippen molar-refractivity contribution in [2.75, 3.05) is 35.4 Å². The van der Waals surface area contributed by atoms with E-state index in [1.807, 2.05) is 30.1 Å². The van der Waals surface area contributed by atoms with Gasteiger partial charge in [-0.05, 0) is 30.7 Å². The molecular formula is C18H21N3O4S. The second kappa shape index (κ2) is 7.74. The molecule has 0 bridgehead atoms. The van der Waals surface area contributed by atoms with Gasteiger partial charge in [0.15, 0.2) is 16.4 Å². The standard InChI is InChI=1S/C18H21N3O4S/c1-21(15-9-10-26(23,24)13-15)17-8-7-14(11-19-17)20-18(22)12-25-16-5-3-2-4-6-16/h2-8,11,15H,9-10,12-13H2,1H3,(H,20,22). The minimum atomic E-state index is -2.94. The molecule has 0 radical (unpaired) electrons. The Labute approximate surface area is 152 Å². The molecule has 7 nitrogen and oxygen atoms in total. The molecule has 1 N–H and O–H groups in total. The number of ether oxygens (including phenoxy) is 1. The number of aromatic nitrogens is 1. The number of nitrogens with zero attached hydrogens (tertiary/aromatic N) is 2. The number of carbonyl (C=O) groups is 1. The van der Waals surface area contributed by atoms with Crippen molar-refractivity contribution in [3.63, 3.8) is 0 Å². The van der Waals surface area contributed by atoms with E-state index in [0.29, 0.717) is 23.7 Å². The molecule has 0 aliphatic carbocycles. The lowest BCUT2D eigenvalue weighted by Gasteiger charge is -2.24. The van der Waals surface area contributed by atoms with Crippen LogP contribution in [0.5, 0.6) is 5.75 Å². The number of sulfone groups is 1. The zero-order valence-electron chi connectivity index (χ0n) is 14.5. The lowest BCUT2D eigenvalue weighted by molar-refractivity contribution is -0.118. The van der Waals surface area contributed by atoms with E-state index in [4.69, 9.17) is 4.74 Å². The molecule has 1 fully saturated rings. The molecular weight excluding hydrogens is 354 g/mol. The Hall–Kier alpha value is -2.61. The normalized spacial score (nSPS) is 18.3. The van der Waals surface area contributed by atoms with Gasteiger partial charge in [-0.1, -0.05) is 18.2 Å². The Morgan fingerprint density at radius 3 is 2.65 bits per heavy atom. The number of para-hydroxylation sites is 1. The molecule has 1 aromatic carbocycles. The Bertz CT molecular complexity index is 854. The SMILES string of the molecule is CN(c1ccc(NC(=O)COc2ccccc2)cn1)C1CCS(=O)(=O)C1. The van der Waals surface area contributed by atoms with E-state index >= 15 is 0 Å². The van der Waals surface area contributed by atoms with Crippen molar-refractivity contribution in [3.05, 3.63) is 48.7 Å². The van der Waals surface area contributed by atoms with Crippen molar-refractivity contribution in [1.82, 2.24) is 4.98 Å². The minimum absolute atomic E-state index is 0.0628. The number of rotatable bonds is 6. The van der Waals surface area contributed by atoms with E-state index in [2.05, 4.69) is 10.3 Å². The summed E-state index contributed by atoms with van der Waals surface area (Å²) in [5, 5.41) is 2.72. The fraction of sp³-hybridized carbons (Fsp3) is 0.333. The summed E-state index contributed by atoms with van der Waals surface area (Å²) in [7, 11) is -1.11. The molecule has 1 aromatic heterocycles. The average Bonchev–Trinajstić information content (AvgIpc) is 3.01. The summed E-state index contributed by atoms with van der Waals surface area (Å²) >= 11 is 0. The van der Waals surface area contributed by atoms with Gasteiger partial charge in [0.1, 0.15) is 11.6 Å². The van der Waals surface area contributed by atoms with Gasteiger partial charge in [-0.15, -0.1) is 0 Å². The van der Waals surface area contributed by atoms with Crippen molar-refractivity contribution in [2.45, 2.75) is 12.5 Å². The third kappa shape index (κ3) is 4.72. The highest BCUT2D eigenvalue weighted by Crippen LogP contribution is 2.22. The topological polar surface area (TPSA) is 88.6 Å². The monoisotopic (exact) mass is 375 g/mol. The first-order valence-corrected chi connectivity index (χ1v) is 10.1. The van der Waals surface area contributed by atoms with Crippen LogP contribution in [-0.4, -0.2) is 50.5 Å². The van der Waals surface area contributed by atoms with E-state index < -0.39 is 9.84 Å². The van der Waals surface area contributed by atoms with Crippen LogP contribution >= 0.6 is 0 Å². The van der Waals surface area contributed by atoms with Gasteiger partial charge < -0.3 is 15.0 Å². The average molecular weight is 375 g/mol. The quantitative estimate of drug-likeness (QED) is 0.827. The molecule has 2 aromatic rings. The van der Waals surface area contributed by atoms with Crippen molar-refractivity contribution in [3.8, 4) is 5.75 Å². The number of amides is 1. The van der Waals surface area contributed by atoms with E-state index in [1.165, 1.54) is 0 Å². The number of hydrogen-bond acceptors (Lipinski definition) is 6. The Morgan fingerprint density at radius 2 is 2.04 bits per heavy atom. The maximum atomic E-state index is 11.9. The summed E-state index contributed by atoms with van der Waals surface area (Å²) in [6, 6.07) is 12.5. The Morgan fingerprint density at radius 1 is 1.27 bits per heavy atom. The lowest BCUT2D eigenvalue weighted by atomic mass is 10.2. The van der Waals surface area contributed by atoms with Crippen LogP contribution in [0.25, 0.3) is 0 Å².